The zero-order valence-corrected chi connectivity index (χ0v) is 15.3. The van der Waals surface area contributed by atoms with Crippen molar-refractivity contribution in [2.75, 3.05) is 0 Å². The quantitative estimate of drug-likeness (QED) is 0.242. The van der Waals surface area contributed by atoms with Crippen molar-refractivity contribution < 1.29 is 5.21 Å². The molecule has 0 amide bonds. The van der Waals surface area contributed by atoms with Gasteiger partial charge in [-0.15, -0.1) is 0 Å². The molecule has 4 rings (SSSR count). The number of fused-ring (bicyclic) bond motifs is 1. The van der Waals surface area contributed by atoms with Gasteiger partial charge in [0.2, 0.25) is 0 Å². The van der Waals surface area contributed by atoms with E-state index < -0.39 is 0 Å². The Hall–Kier alpha value is -3.61. The third kappa shape index (κ3) is 3.34. The van der Waals surface area contributed by atoms with Crippen LogP contribution in [0.2, 0.25) is 0 Å². The summed E-state index contributed by atoms with van der Waals surface area (Å²) < 4.78 is 2.22. The number of imidazole rings is 1. The fourth-order valence-electron chi connectivity index (χ4n) is 3.66. The maximum absolute atomic E-state index is 8.79. The number of nitrogens with one attached hydrogen (secondary N) is 1. The molecule has 6 N–H and O–H groups in total. The Morgan fingerprint density at radius 3 is 2.39 bits per heavy atom. The number of aryl methyl sites for hydroxylation is 1. The van der Waals surface area contributed by atoms with Crippen molar-refractivity contribution in [2.24, 2.45) is 16.6 Å². The van der Waals surface area contributed by atoms with Crippen LogP contribution in [0.3, 0.4) is 0 Å². The molecule has 1 aliphatic rings. The molecule has 0 radical (unpaired) electrons. The monoisotopic (exact) mass is 374 g/mol. The van der Waals surface area contributed by atoms with Crippen LogP contribution in [-0.4, -0.2) is 26.4 Å². The summed E-state index contributed by atoms with van der Waals surface area (Å²) in [5.41, 5.74) is 15.8. The number of benzene rings is 2. The predicted octanol–water partition coefficient (Wildman–Crippen LogP) is 2.66. The molecule has 7 heteroatoms. The molecule has 1 aliphatic heterocycles. The molecule has 1 atom stereocenters. The number of hydrogen-bond acceptors (Lipinski definition) is 4. The van der Waals surface area contributed by atoms with E-state index in [9.17, 15) is 0 Å². The summed E-state index contributed by atoms with van der Waals surface area (Å²) in [6, 6.07) is 15.5. The van der Waals surface area contributed by atoms with Crippen LogP contribution in [0, 0.1) is 5.41 Å². The van der Waals surface area contributed by atoms with Crippen LogP contribution in [0.4, 0.5) is 0 Å². The largest absolute Gasteiger partial charge is 0.409 e. The molecule has 0 saturated heterocycles. The second-order valence-electron chi connectivity index (χ2n) is 7.03. The van der Waals surface area contributed by atoms with Gasteiger partial charge in [-0.05, 0) is 12.0 Å². The van der Waals surface area contributed by atoms with E-state index in [0.717, 1.165) is 36.5 Å². The zero-order valence-electron chi connectivity index (χ0n) is 15.3. The molecule has 0 fully saturated rings. The maximum atomic E-state index is 8.79. The highest BCUT2D eigenvalue weighted by Gasteiger charge is 2.22. The summed E-state index contributed by atoms with van der Waals surface area (Å²) in [6.07, 6.45) is 4.04. The minimum absolute atomic E-state index is 0.0663. The Morgan fingerprint density at radius 2 is 1.75 bits per heavy atom. The zero-order chi connectivity index (χ0) is 19.7. The van der Waals surface area contributed by atoms with E-state index in [0.29, 0.717) is 17.0 Å². The molecule has 2 aromatic carbocycles. The van der Waals surface area contributed by atoms with E-state index in [-0.39, 0.29) is 11.7 Å². The van der Waals surface area contributed by atoms with E-state index in [4.69, 9.17) is 27.1 Å². The first-order valence-electron chi connectivity index (χ1n) is 9.14. The van der Waals surface area contributed by atoms with Crippen molar-refractivity contribution >= 4 is 11.7 Å². The molecule has 142 valence electrons. The number of nitrogens with zero attached hydrogens (tertiary/aromatic N) is 3. The Balaban J connectivity index is 1.54. The summed E-state index contributed by atoms with van der Waals surface area (Å²) >= 11 is 0. The van der Waals surface area contributed by atoms with Crippen molar-refractivity contribution in [3.8, 4) is 11.3 Å². The number of amidine groups is 2. The van der Waals surface area contributed by atoms with Gasteiger partial charge in [-0.3, -0.25) is 5.41 Å². The van der Waals surface area contributed by atoms with Crippen molar-refractivity contribution in [1.29, 1.82) is 5.41 Å². The average molecular weight is 374 g/mol. The molecular weight excluding hydrogens is 352 g/mol. The van der Waals surface area contributed by atoms with Gasteiger partial charge in [0.15, 0.2) is 5.84 Å². The van der Waals surface area contributed by atoms with Crippen molar-refractivity contribution in [1.82, 2.24) is 9.55 Å². The number of aromatic nitrogens is 2. The molecule has 1 unspecified atom stereocenters. The van der Waals surface area contributed by atoms with Gasteiger partial charge in [0.25, 0.3) is 0 Å². The summed E-state index contributed by atoms with van der Waals surface area (Å²) in [5.74, 6) is 1.68. The van der Waals surface area contributed by atoms with Crippen LogP contribution in [0.5, 0.6) is 0 Å². The van der Waals surface area contributed by atoms with E-state index >= 15 is 0 Å². The number of oxime groups is 1. The van der Waals surface area contributed by atoms with Gasteiger partial charge in [0.05, 0.1) is 5.69 Å². The molecule has 3 aromatic rings. The summed E-state index contributed by atoms with van der Waals surface area (Å²) in [5, 5.41) is 19.3. The first-order chi connectivity index (χ1) is 13.5. The molecule has 0 aliphatic carbocycles. The van der Waals surface area contributed by atoms with Crippen LogP contribution in [0.25, 0.3) is 11.3 Å². The van der Waals surface area contributed by atoms with Gasteiger partial charge < -0.3 is 21.2 Å². The van der Waals surface area contributed by atoms with Crippen LogP contribution in [0.1, 0.15) is 34.9 Å². The minimum atomic E-state index is 0.0663. The Morgan fingerprint density at radius 1 is 1.07 bits per heavy atom. The number of hydrogen-bond donors (Lipinski definition) is 4. The molecular formula is C21H22N6O. The van der Waals surface area contributed by atoms with E-state index in [1.165, 1.54) is 5.56 Å². The number of nitrogen functional groups attached to an aromatic ring is 1. The minimum Gasteiger partial charge on any atom is -0.409 e. The van der Waals surface area contributed by atoms with Crippen LogP contribution in [0.15, 0.2) is 59.9 Å². The lowest BCUT2D eigenvalue weighted by Crippen LogP contribution is -2.19. The highest BCUT2D eigenvalue weighted by molar-refractivity contribution is 5.97. The average Bonchev–Trinajstić information content (AvgIpc) is 3.16. The van der Waals surface area contributed by atoms with Crippen LogP contribution < -0.4 is 11.5 Å². The predicted molar refractivity (Wildman–Crippen MR) is 109 cm³/mol. The molecule has 0 saturated carbocycles. The lowest BCUT2D eigenvalue weighted by Gasteiger charge is -2.24. The second-order valence-corrected chi connectivity index (χ2v) is 7.03. The fraction of sp³-hybridized carbons (Fsp3) is 0.190. The standard InChI is InChI=1S/C21H22N6O/c22-20(23)15-5-3-14(4-6-15)18-12-27-11-17(9-10-19(27)25-18)13-1-7-16(8-2-13)21(24)26-28/h1-8,12,17,28H,9-11H2,(H3,22,23)(H2,24,26). The number of rotatable bonds is 4. The van der Waals surface area contributed by atoms with Gasteiger partial charge in [0.1, 0.15) is 11.7 Å². The third-order valence-electron chi connectivity index (χ3n) is 5.27. The first kappa shape index (κ1) is 17.8. The van der Waals surface area contributed by atoms with Gasteiger partial charge in [-0.2, -0.15) is 0 Å². The third-order valence-corrected chi connectivity index (χ3v) is 5.27. The molecule has 1 aromatic heterocycles. The van der Waals surface area contributed by atoms with Crippen molar-refractivity contribution in [2.45, 2.75) is 25.3 Å². The van der Waals surface area contributed by atoms with Crippen molar-refractivity contribution in [3.05, 3.63) is 77.2 Å². The lowest BCUT2D eigenvalue weighted by molar-refractivity contribution is 0.318. The summed E-state index contributed by atoms with van der Waals surface area (Å²) in [7, 11) is 0. The van der Waals surface area contributed by atoms with Crippen molar-refractivity contribution in [3.63, 3.8) is 0 Å². The van der Waals surface area contributed by atoms with Crippen LogP contribution >= 0.6 is 0 Å². The Labute approximate surface area is 162 Å². The first-order valence-corrected chi connectivity index (χ1v) is 9.14. The van der Waals surface area contributed by atoms with E-state index in [1.807, 2.05) is 48.5 Å². The maximum Gasteiger partial charge on any atom is 0.170 e. The highest BCUT2D eigenvalue weighted by atomic mass is 16.4. The lowest BCUT2D eigenvalue weighted by atomic mass is 9.91. The molecule has 0 spiro atoms. The fourth-order valence-corrected chi connectivity index (χ4v) is 3.66. The smallest absolute Gasteiger partial charge is 0.170 e. The summed E-state index contributed by atoms with van der Waals surface area (Å²) in [4.78, 5) is 4.79. The van der Waals surface area contributed by atoms with Gasteiger partial charge in [-0.25, -0.2) is 4.98 Å². The van der Waals surface area contributed by atoms with Gasteiger partial charge in [-0.1, -0.05) is 53.7 Å². The number of nitrogens with two attached hydrogens (primary N) is 2. The topological polar surface area (TPSA) is 126 Å². The summed E-state index contributed by atoms with van der Waals surface area (Å²) in [6.45, 7) is 0.872. The van der Waals surface area contributed by atoms with Crippen LogP contribution in [-0.2, 0) is 13.0 Å². The molecule has 0 bridgehead atoms. The van der Waals surface area contributed by atoms with E-state index in [1.54, 1.807) is 0 Å². The van der Waals surface area contributed by atoms with Gasteiger partial charge >= 0.3 is 0 Å². The van der Waals surface area contributed by atoms with Gasteiger partial charge in [0, 0.05) is 41.8 Å². The highest BCUT2D eigenvalue weighted by Crippen LogP contribution is 2.31. The second kappa shape index (κ2) is 7.19. The SMILES string of the molecule is N=C(N)c1ccc(-c2cn3c(n2)CCC(c2ccc(/C(N)=N/O)cc2)C3)cc1. The Bertz CT molecular complexity index is 1030. The Kier molecular flexibility index (Phi) is 4.57. The molecule has 28 heavy (non-hydrogen) atoms. The molecule has 7 nitrogen and oxygen atoms in total. The normalized spacial score (nSPS) is 16.6. The van der Waals surface area contributed by atoms with E-state index in [2.05, 4.69) is 15.9 Å². The molecule has 2 heterocycles.